The van der Waals surface area contributed by atoms with E-state index in [0.717, 1.165) is 5.52 Å². The van der Waals surface area contributed by atoms with Crippen molar-refractivity contribution in [2.45, 2.75) is 26.9 Å². The number of nitrogens with zero attached hydrogens (tertiary/aromatic N) is 4. The molecule has 0 unspecified atom stereocenters. The largest absolute Gasteiger partial charge is 0.328 e. The van der Waals surface area contributed by atoms with Gasteiger partial charge >= 0.3 is 0 Å². The number of halogens is 2. The van der Waals surface area contributed by atoms with E-state index in [1.54, 1.807) is 47.5 Å². The fourth-order valence-corrected chi connectivity index (χ4v) is 3.51. The third-order valence-corrected chi connectivity index (χ3v) is 4.98. The Bertz CT molecular complexity index is 1210. The highest BCUT2D eigenvalue weighted by Crippen LogP contribution is 2.28. The highest BCUT2D eigenvalue weighted by Gasteiger charge is 2.29. The topological polar surface area (TPSA) is 50.5 Å². The van der Waals surface area contributed by atoms with Gasteiger partial charge in [0.15, 0.2) is 0 Å². The van der Waals surface area contributed by atoms with Gasteiger partial charge in [-0.05, 0) is 41.5 Å². The van der Waals surface area contributed by atoms with E-state index in [1.165, 1.54) is 17.0 Å². The number of pyridine rings is 2. The summed E-state index contributed by atoms with van der Waals surface area (Å²) < 4.78 is 31.3. The summed E-state index contributed by atoms with van der Waals surface area (Å²) in [5.41, 5.74) is 2.96. The monoisotopic (exact) mass is 406 g/mol. The maximum atomic E-state index is 14.7. The molecule has 152 valence electrons. The second-order valence-electron chi connectivity index (χ2n) is 6.72. The predicted octanol–water partition coefficient (Wildman–Crippen LogP) is 4.86. The molecular formula is C23H20F2N4O. The standard InChI is InChI=1S/C21H14F2N4O.C2H6/c22-18-6-14(13-3-4-15-8-24-12-27(15)9-13)7-19(23)17(18)10-26-11-20-16(21(26)28)2-1-5-25-20;1-2/h1-9,12H,10-11H2;1-2H3. The van der Waals surface area contributed by atoms with Crippen molar-refractivity contribution in [3.8, 4) is 11.1 Å². The molecule has 0 saturated carbocycles. The zero-order chi connectivity index (χ0) is 21.3. The molecular weight excluding hydrogens is 386 g/mol. The lowest BCUT2D eigenvalue weighted by Crippen LogP contribution is -2.24. The molecule has 0 saturated heterocycles. The Balaban J connectivity index is 0.00000106. The Hall–Kier alpha value is -3.61. The van der Waals surface area contributed by atoms with Gasteiger partial charge in [0.05, 0.1) is 42.4 Å². The second-order valence-corrected chi connectivity index (χ2v) is 6.72. The molecule has 4 aromatic rings. The fourth-order valence-electron chi connectivity index (χ4n) is 3.51. The summed E-state index contributed by atoms with van der Waals surface area (Å²) in [6.07, 6.45) is 6.70. The van der Waals surface area contributed by atoms with E-state index < -0.39 is 11.6 Å². The normalized spacial score (nSPS) is 12.7. The molecule has 5 rings (SSSR count). The van der Waals surface area contributed by atoms with E-state index in [2.05, 4.69) is 9.97 Å². The van der Waals surface area contributed by atoms with E-state index in [0.29, 0.717) is 22.4 Å². The molecule has 4 heterocycles. The van der Waals surface area contributed by atoms with E-state index in [-0.39, 0.29) is 24.6 Å². The van der Waals surface area contributed by atoms with Crippen molar-refractivity contribution in [2.24, 2.45) is 0 Å². The van der Waals surface area contributed by atoms with E-state index in [9.17, 15) is 13.6 Å². The Morgan fingerprint density at radius 1 is 1.07 bits per heavy atom. The van der Waals surface area contributed by atoms with Crippen LogP contribution < -0.4 is 0 Å². The smallest absolute Gasteiger partial charge is 0.256 e. The van der Waals surface area contributed by atoms with E-state index >= 15 is 0 Å². The Morgan fingerprint density at radius 2 is 1.83 bits per heavy atom. The van der Waals surface area contributed by atoms with Gasteiger partial charge in [0, 0.05) is 18.0 Å². The molecule has 1 aliphatic rings. The number of amides is 1. The summed E-state index contributed by atoms with van der Waals surface area (Å²) in [4.78, 5) is 22.0. The quantitative estimate of drug-likeness (QED) is 0.488. The zero-order valence-electron chi connectivity index (χ0n) is 16.6. The molecule has 0 bridgehead atoms. The molecule has 1 aliphatic heterocycles. The molecule has 0 N–H and O–H groups in total. The van der Waals surface area contributed by atoms with Crippen LogP contribution in [0.4, 0.5) is 8.78 Å². The van der Waals surface area contributed by atoms with Gasteiger partial charge in [0.2, 0.25) is 0 Å². The van der Waals surface area contributed by atoms with Crippen LogP contribution in [0.2, 0.25) is 0 Å². The van der Waals surface area contributed by atoms with Gasteiger partial charge in [0.1, 0.15) is 11.6 Å². The number of imidazole rings is 1. The lowest BCUT2D eigenvalue weighted by atomic mass is 10.0. The van der Waals surface area contributed by atoms with Crippen LogP contribution in [-0.4, -0.2) is 25.2 Å². The number of aromatic nitrogens is 3. The highest BCUT2D eigenvalue weighted by molar-refractivity contribution is 5.97. The number of carbonyl (C=O) groups is 1. The lowest BCUT2D eigenvalue weighted by Gasteiger charge is -2.17. The summed E-state index contributed by atoms with van der Waals surface area (Å²) in [5.74, 6) is -1.63. The van der Waals surface area contributed by atoms with E-state index in [1.807, 2.05) is 19.9 Å². The third kappa shape index (κ3) is 3.43. The number of benzene rings is 1. The van der Waals surface area contributed by atoms with Crippen LogP contribution in [0.3, 0.4) is 0 Å². The Kier molecular flexibility index (Phi) is 5.27. The van der Waals surface area contributed by atoms with E-state index in [4.69, 9.17) is 0 Å². The third-order valence-electron chi connectivity index (χ3n) is 4.98. The molecule has 3 aromatic heterocycles. The summed E-state index contributed by atoms with van der Waals surface area (Å²) in [6, 6.07) is 9.56. The predicted molar refractivity (Wildman–Crippen MR) is 110 cm³/mol. The fraction of sp³-hybridized carbons (Fsp3) is 0.174. The minimum absolute atomic E-state index is 0.131. The van der Waals surface area contributed by atoms with Crippen molar-refractivity contribution in [2.75, 3.05) is 0 Å². The van der Waals surface area contributed by atoms with Crippen LogP contribution >= 0.6 is 0 Å². The minimum Gasteiger partial charge on any atom is -0.328 e. The summed E-state index contributed by atoms with van der Waals surface area (Å²) in [7, 11) is 0. The number of fused-ring (bicyclic) bond motifs is 2. The van der Waals surface area contributed by atoms with Gasteiger partial charge in [0.25, 0.3) is 5.91 Å². The first-order valence-electron chi connectivity index (χ1n) is 9.73. The Labute approximate surface area is 172 Å². The van der Waals surface area contributed by atoms with Crippen molar-refractivity contribution in [3.63, 3.8) is 0 Å². The first-order valence-corrected chi connectivity index (χ1v) is 9.73. The van der Waals surface area contributed by atoms with Crippen molar-refractivity contribution in [1.29, 1.82) is 0 Å². The van der Waals surface area contributed by atoms with Crippen LogP contribution in [0.25, 0.3) is 16.6 Å². The highest BCUT2D eigenvalue weighted by atomic mass is 19.1. The summed E-state index contributed by atoms with van der Waals surface area (Å²) in [5, 5.41) is 0. The molecule has 0 fully saturated rings. The number of carbonyl (C=O) groups excluding carboxylic acids is 1. The number of hydrogen-bond acceptors (Lipinski definition) is 3. The van der Waals surface area contributed by atoms with Gasteiger partial charge in [-0.3, -0.25) is 9.78 Å². The Morgan fingerprint density at radius 3 is 2.57 bits per heavy atom. The molecule has 7 heteroatoms. The van der Waals surface area contributed by atoms with Crippen molar-refractivity contribution < 1.29 is 13.6 Å². The molecule has 0 spiro atoms. The van der Waals surface area contributed by atoms with Crippen LogP contribution in [0.5, 0.6) is 0 Å². The van der Waals surface area contributed by atoms with Gasteiger partial charge in [-0.2, -0.15) is 0 Å². The maximum absolute atomic E-state index is 14.7. The van der Waals surface area contributed by atoms with Crippen molar-refractivity contribution in [3.05, 3.63) is 89.8 Å². The first-order chi connectivity index (χ1) is 14.6. The average molecular weight is 406 g/mol. The van der Waals surface area contributed by atoms with Crippen molar-refractivity contribution in [1.82, 2.24) is 19.3 Å². The second kappa shape index (κ2) is 8.02. The van der Waals surface area contributed by atoms with Crippen molar-refractivity contribution >= 4 is 11.4 Å². The molecule has 1 amide bonds. The molecule has 1 aromatic carbocycles. The minimum atomic E-state index is -0.683. The average Bonchev–Trinajstić information content (AvgIpc) is 3.36. The summed E-state index contributed by atoms with van der Waals surface area (Å²) >= 11 is 0. The summed E-state index contributed by atoms with van der Waals surface area (Å²) in [6.45, 7) is 4.10. The van der Waals surface area contributed by atoms with Gasteiger partial charge in [-0.15, -0.1) is 0 Å². The zero-order valence-corrected chi connectivity index (χ0v) is 16.6. The van der Waals surface area contributed by atoms with Crippen LogP contribution in [0.1, 0.15) is 35.5 Å². The first kappa shape index (κ1) is 19.7. The molecule has 0 atom stereocenters. The molecule has 5 nitrogen and oxygen atoms in total. The van der Waals surface area contributed by atoms with Gasteiger partial charge < -0.3 is 9.30 Å². The molecule has 30 heavy (non-hydrogen) atoms. The van der Waals surface area contributed by atoms with Crippen LogP contribution in [-0.2, 0) is 13.1 Å². The maximum Gasteiger partial charge on any atom is 0.256 e. The van der Waals surface area contributed by atoms with Gasteiger partial charge in [-0.1, -0.05) is 19.9 Å². The molecule has 0 radical (unpaired) electrons. The number of hydrogen-bond donors (Lipinski definition) is 0. The number of rotatable bonds is 3. The SMILES string of the molecule is CC.O=C1c2cccnc2CN1Cc1c(F)cc(-c2ccc3cncn3c2)cc1F. The lowest BCUT2D eigenvalue weighted by molar-refractivity contribution is 0.0763. The van der Waals surface area contributed by atoms with Gasteiger partial charge in [-0.25, -0.2) is 13.8 Å². The van der Waals surface area contributed by atoms with Crippen LogP contribution in [0, 0.1) is 11.6 Å². The molecule has 0 aliphatic carbocycles. The van der Waals surface area contributed by atoms with Crippen LogP contribution in [0.15, 0.2) is 61.3 Å².